The second-order valence-electron chi connectivity index (χ2n) is 4.24. The molecular weight excluding hydrogens is 256 g/mol. The van der Waals surface area contributed by atoms with E-state index in [9.17, 15) is 0 Å². The van der Waals surface area contributed by atoms with Gasteiger partial charge in [-0.1, -0.05) is 24.9 Å². The number of hydroxylamine groups is 2. The largest absolute Gasteiger partial charge is 0.387 e. The SMILES string of the molecule is CCCC(C)N1OC(N)=CC1c1ccc(Cl)s1. The highest BCUT2D eigenvalue weighted by Crippen LogP contribution is 2.37. The average molecular weight is 273 g/mol. The first kappa shape index (κ1) is 12.7. The predicted octanol–water partition coefficient (Wildman–Crippen LogP) is 3.68. The van der Waals surface area contributed by atoms with Crippen molar-refractivity contribution in [3.63, 3.8) is 0 Å². The van der Waals surface area contributed by atoms with Crippen molar-refractivity contribution < 1.29 is 4.84 Å². The minimum atomic E-state index is 0.0917. The normalized spacial score (nSPS) is 22.3. The maximum atomic E-state index is 5.97. The molecule has 2 atom stereocenters. The Morgan fingerprint density at radius 3 is 2.94 bits per heavy atom. The number of hydrogen-bond acceptors (Lipinski definition) is 4. The van der Waals surface area contributed by atoms with Crippen LogP contribution in [0.1, 0.15) is 37.6 Å². The molecule has 17 heavy (non-hydrogen) atoms. The fourth-order valence-corrected chi connectivity index (χ4v) is 3.16. The average Bonchev–Trinajstić information content (AvgIpc) is 2.84. The molecule has 2 N–H and O–H groups in total. The number of thiophene rings is 1. The summed E-state index contributed by atoms with van der Waals surface area (Å²) in [4.78, 5) is 6.75. The van der Waals surface area contributed by atoms with Crippen LogP contribution in [0.3, 0.4) is 0 Å². The minimum absolute atomic E-state index is 0.0917. The van der Waals surface area contributed by atoms with E-state index in [-0.39, 0.29) is 6.04 Å². The maximum absolute atomic E-state index is 5.97. The van der Waals surface area contributed by atoms with Gasteiger partial charge in [-0.25, -0.2) is 0 Å². The van der Waals surface area contributed by atoms with Crippen molar-refractivity contribution in [2.75, 3.05) is 0 Å². The van der Waals surface area contributed by atoms with E-state index in [4.69, 9.17) is 22.2 Å². The zero-order valence-corrected chi connectivity index (χ0v) is 11.6. The van der Waals surface area contributed by atoms with Crippen LogP contribution in [0.15, 0.2) is 24.1 Å². The Kier molecular flexibility index (Phi) is 3.97. The van der Waals surface area contributed by atoms with Gasteiger partial charge in [0.25, 0.3) is 0 Å². The highest BCUT2D eigenvalue weighted by Gasteiger charge is 2.31. The molecule has 2 rings (SSSR count). The van der Waals surface area contributed by atoms with Crippen molar-refractivity contribution in [3.8, 4) is 0 Å². The maximum Gasteiger partial charge on any atom is 0.207 e. The van der Waals surface area contributed by atoms with E-state index in [0.717, 1.165) is 17.2 Å². The summed E-state index contributed by atoms with van der Waals surface area (Å²) in [6.07, 6.45) is 4.14. The summed E-state index contributed by atoms with van der Waals surface area (Å²) in [6.45, 7) is 4.32. The number of nitrogens with zero attached hydrogens (tertiary/aromatic N) is 1. The number of halogens is 1. The highest BCUT2D eigenvalue weighted by atomic mass is 35.5. The quantitative estimate of drug-likeness (QED) is 0.909. The first-order chi connectivity index (χ1) is 8.11. The number of hydrogen-bond donors (Lipinski definition) is 1. The van der Waals surface area contributed by atoms with Gasteiger partial charge in [0.1, 0.15) is 6.04 Å². The Morgan fingerprint density at radius 2 is 2.35 bits per heavy atom. The molecule has 3 nitrogen and oxygen atoms in total. The first-order valence-corrected chi connectivity index (χ1v) is 7.00. The summed E-state index contributed by atoms with van der Waals surface area (Å²) in [6, 6.07) is 4.37. The molecule has 0 amide bonds. The molecular formula is C12H17ClN2OS. The van der Waals surface area contributed by atoms with Crippen molar-refractivity contribution >= 4 is 22.9 Å². The van der Waals surface area contributed by atoms with E-state index >= 15 is 0 Å². The van der Waals surface area contributed by atoms with E-state index < -0.39 is 0 Å². The third kappa shape index (κ3) is 2.76. The molecule has 0 spiro atoms. The van der Waals surface area contributed by atoms with Gasteiger partial charge in [0, 0.05) is 17.0 Å². The van der Waals surface area contributed by atoms with Gasteiger partial charge in [0.05, 0.1) is 4.34 Å². The molecule has 0 aromatic carbocycles. The lowest BCUT2D eigenvalue weighted by molar-refractivity contribution is -0.148. The molecule has 1 aliphatic rings. The predicted molar refractivity (Wildman–Crippen MR) is 71.6 cm³/mol. The lowest BCUT2D eigenvalue weighted by Gasteiger charge is -2.27. The van der Waals surface area contributed by atoms with Crippen molar-refractivity contribution in [3.05, 3.63) is 33.3 Å². The Hall–Kier alpha value is -0.710. The molecule has 0 aliphatic carbocycles. The third-order valence-corrected chi connectivity index (χ3v) is 4.14. The van der Waals surface area contributed by atoms with Crippen LogP contribution >= 0.6 is 22.9 Å². The van der Waals surface area contributed by atoms with E-state index in [0.29, 0.717) is 11.9 Å². The molecule has 5 heteroatoms. The van der Waals surface area contributed by atoms with Crippen molar-refractivity contribution in [1.29, 1.82) is 0 Å². The van der Waals surface area contributed by atoms with E-state index in [2.05, 4.69) is 13.8 Å². The molecule has 2 unspecified atom stereocenters. The van der Waals surface area contributed by atoms with E-state index in [1.807, 2.05) is 23.3 Å². The van der Waals surface area contributed by atoms with Gasteiger partial charge in [0.2, 0.25) is 5.88 Å². The molecule has 1 aromatic rings. The van der Waals surface area contributed by atoms with Gasteiger partial charge >= 0.3 is 0 Å². The summed E-state index contributed by atoms with van der Waals surface area (Å²) in [5, 5.41) is 1.96. The van der Waals surface area contributed by atoms with Gasteiger partial charge in [-0.05, 0) is 25.5 Å². The Bertz CT molecular complexity index is 418. The Balaban J connectivity index is 2.18. The third-order valence-electron chi connectivity index (χ3n) is 2.83. The minimum Gasteiger partial charge on any atom is -0.387 e. The van der Waals surface area contributed by atoms with Crippen molar-refractivity contribution in [2.45, 2.75) is 38.8 Å². The fraction of sp³-hybridized carbons (Fsp3) is 0.500. The number of rotatable bonds is 4. The monoisotopic (exact) mass is 272 g/mol. The van der Waals surface area contributed by atoms with Gasteiger partial charge in [-0.15, -0.1) is 16.4 Å². The van der Waals surface area contributed by atoms with Crippen LogP contribution < -0.4 is 5.73 Å². The molecule has 0 saturated carbocycles. The number of nitrogens with two attached hydrogens (primary N) is 1. The van der Waals surface area contributed by atoms with Crippen LogP contribution in [0.5, 0.6) is 0 Å². The molecule has 2 heterocycles. The van der Waals surface area contributed by atoms with Crippen LogP contribution in [0.2, 0.25) is 4.34 Å². The summed E-state index contributed by atoms with van der Waals surface area (Å²) in [5.74, 6) is 0.475. The summed E-state index contributed by atoms with van der Waals surface area (Å²) < 4.78 is 0.793. The standard InChI is InChI=1S/C12H17ClN2OS/c1-3-4-8(2)15-9(7-12(14)16-15)10-5-6-11(13)17-10/h5-9H,3-4,14H2,1-2H3. The van der Waals surface area contributed by atoms with Gasteiger partial charge in [-0.2, -0.15) is 0 Å². The van der Waals surface area contributed by atoms with Crippen LogP contribution in [0.4, 0.5) is 0 Å². The second kappa shape index (κ2) is 5.29. The van der Waals surface area contributed by atoms with Crippen LogP contribution in [-0.4, -0.2) is 11.1 Å². The van der Waals surface area contributed by atoms with E-state index in [1.54, 1.807) is 11.3 Å². The first-order valence-electron chi connectivity index (χ1n) is 5.80. The lowest BCUT2D eigenvalue weighted by Crippen LogP contribution is -2.32. The lowest BCUT2D eigenvalue weighted by atomic mass is 10.1. The summed E-state index contributed by atoms with van der Waals surface area (Å²) in [7, 11) is 0. The fourth-order valence-electron chi connectivity index (χ4n) is 2.04. The topological polar surface area (TPSA) is 38.5 Å². The smallest absolute Gasteiger partial charge is 0.207 e. The summed E-state index contributed by atoms with van der Waals surface area (Å²) >= 11 is 7.54. The molecule has 0 radical (unpaired) electrons. The van der Waals surface area contributed by atoms with Crippen LogP contribution in [0, 0.1) is 0 Å². The zero-order valence-electron chi connectivity index (χ0n) is 10.0. The molecule has 1 aliphatic heterocycles. The second-order valence-corrected chi connectivity index (χ2v) is 5.99. The molecule has 0 fully saturated rings. The molecule has 0 bridgehead atoms. The van der Waals surface area contributed by atoms with Gasteiger partial charge in [0.15, 0.2) is 0 Å². The highest BCUT2D eigenvalue weighted by molar-refractivity contribution is 7.16. The molecule has 0 saturated heterocycles. The molecule has 1 aromatic heterocycles. The summed E-state index contributed by atoms with van der Waals surface area (Å²) in [5.41, 5.74) is 5.76. The van der Waals surface area contributed by atoms with Crippen LogP contribution in [0.25, 0.3) is 0 Å². The van der Waals surface area contributed by atoms with E-state index in [1.165, 1.54) is 4.88 Å². The molecule has 94 valence electrons. The van der Waals surface area contributed by atoms with Crippen LogP contribution in [-0.2, 0) is 4.84 Å². The van der Waals surface area contributed by atoms with Crippen molar-refractivity contribution in [1.82, 2.24) is 5.06 Å². The van der Waals surface area contributed by atoms with Gasteiger partial charge < -0.3 is 10.6 Å². The zero-order chi connectivity index (χ0) is 12.4. The van der Waals surface area contributed by atoms with Gasteiger partial charge in [-0.3, -0.25) is 0 Å². The Morgan fingerprint density at radius 1 is 1.59 bits per heavy atom. The van der Waals surface area contributed by atoms with Crippen molar-refractivity contribution in [2.24, 2.45) is 5.73 Å². The Labute approximate surface area is 111 Å².